The van der Waals surface area contributed by atoms with Crippen LogP contribution in [0.15, 0.2) is 36.4 Å². The number of rotatable bonds is 6. The summed E-state index contributed by atoms with van der Waals surface area (Å²) in [5.41, 5.74) is 1.14. The molecule has 0 amide bonds. The zero-order valence-electron chi connectivity index (χ0n) is 8.98. The third kappa shape index (κ3) is 5.13. The van der Waals surface area contributed by atoms with E-state index in [0.29, 0.717) is 13.0 Å². The monoisotopic (exact) mass is 204 g/mol. The number of Topliss-reactive ketones (excluding diaryl/α,β-unsaturated/α-hetero) is 1. The van der Waals surface area contributed by atoms with Gasteiger partial charge in [0, 0.05) is 6.42 Å². The Labute approximate surface area is 90.6 Å². The van der Waals surface area contributed by atoms with Gasteiger partial charge in [0.1, 0.15) is 6.61 Å². The van der Waals surface area contributed by atoms with Gasteiger partial charge in [-0.25, -0.2) is 0 Å². The van der Waals surface area contributed by atoms with E-state index in [2.05, 4.69) is 0 Å². The number of carbonyl (C=O) groups excluding carboxylic acids is 1. The summed E-state index contributed by atoms with van der Waals surface area (Å²) >= 11 is 0. The van der Waals surface area contributed by atoms with E-state index in [1.54, 1.807) is 0 Å². The molecule has 80 valence electrons. The van der Waals surface area contributed by atoms with Crippen molar-refractivity contribution < 1.29 is 9.53 Å². The van der Waals surface area contributed by atoms with E-state index in [4.69, 9.17) is 4.74 Å². The van der Waals surface area contributed by atoms with Crippen LogP contribution >= 0.6 is 0 Å². The molecule has 0 fully saturated rings. The molecule has 0 unspecified atom stereocenters. The molecule has 0 aliphatic rings. The first-order valence-electron chi connectivity index (χ1n) is 5.14. The Kier molecular flexibility index (Phi) is 5.41. The highest BCUT2D eigenvalue weighted by molar-refractivity contribution is 5.79. The molecule has 2 nitrogen and oxygen atoms in total. The predicted molar refractivity (Wildman–Crippen MR) is 61.6 cm³/mol. The summed E-state index contributed by atoms with van der Waals surface area (Å²) in [5, 5.41) is 0. The molecule has 0 heterocycles. The van der Waals surface area contributed by atoms with Crippen molar-refractivity contribution in [1.29, 1.82) is 0 Å². The Balaban J connectivity index is 2.20. The van der Waals surface area contributed by atoms with Crippen LogP contribution in [0.2, 0.25) is 0 Å². The van der Waals surface area contributed by atoms with Crippen LogP contribution in [0.1, 0.15) is 18.9 Å². The maximum atomic E-state index is 10.9. The third-order valence-corrected chi connectivity index (χ3v) is 1.98. The van der Waals surface area contributed by atoms with Crippen molar-refractivity contribution in [3.63, 3.8) is 0 Å². The topological polar surface area (TPSA) is 26.3 Å². The molecule has 1 rings (SSSR count). The van der Waals surface area contributed by atoms with Gasteiger partial charge in [0.15, 0.2) is 5.78 Å². The van der Waals surface area contributed by atoms with Crippen molar-refractivity contribution in [3.8, 4) is 0 Å². The number of ether oxygens (including phenoxy) is 1. The summed E-state index contributed by atoms with van der Waals surface area (Å²) < 4.78 is 5.17. The molecule has 2 heteroatoms. The molecular formula is C13H16O2. The SMILES string of the molecule is CCC(=O)COC/C=C/c1ccccc1. The predicted octanol–water partition coefficient (Wildman–Crippen LogP) is 2.70. The summed E-state index contributed by atoms with van der Waals surface area (Å²) in [6.07, 6.45) is 4.44. The molecule has 0 spiro atoms. The minimum Gasteiger partial charge on any atom is -0.370 e. The van der Waals surface area contributed by atoms with E-state index in [1.807, 2.05) is 49.4 Å². The van der Waals surface area contributed by atoms with Crippen LogP contribution in [0, 0.1) is 0 Å². The van der Waals surface area contributed by atoms with E-state index < -0.39 is 0 Å². The highest BCUT2D eigenvalue weighted by atomic mass is 16.5. The first kappa shape index (κ1) is 11.7. The third-order valence-electron chi connectivity index (χ3n) is 1.98. The Morgan fingerprint density at radius 2 is 2.07 bits per heavy atom. The Bertz CT molecular complexity index is 315. The molecule has 0 aliphatic carbocycles. The maximum Gasteiger partial charge on any atom is 0.158 e. The molecule has 0 aromatic heterocycles. The summed E-state index contributed by atoms with van der Waals surface area (Å²) in [7, 11) is 0. The van der Waals surface area contributed by atoms with Gasteiger partial charge in [0.05, 0.1) is 6.61 Å². The second-order valence-electron chi connectivity index (χ2n) is 3.22. The number of benzene rings is 1. The number of hydrogen-bond acceptors (Lipinski definition) is 2. The average molecular weight is 204 g/mol. The van der Waals surface area contributed by atoms with Gasteiger partial charge in [-0.2, -0.15) is 0 Å². The van der Waals surface area contributed by atoms with Gasteiger partial charge in [-0.1, -0.05) is 49.4 Å². The first-order valence-corrected chi connectivity index (χ1v) is 5.14. The molecule has 0 aliphatic heterocycles. The van der Waals surface area contributed by atoms with Crippen molar-refractivity contribution in [1.82, 2.24) is 0 Å². The number of hydrogen-bond donors (Lipinski definition) is 0. The summed E-state index contributed by atoms with van der Waals surface area (Å²) in [6.45, 7) is 2.54. The van der Waals surface area contributed by atoms with Gasteiger partial charge in [-0.15, -0.1) is 0 Å². The Morgan fingerprint density at radius 3 is 2.73 bits per heavy atom. The maximum absolute atomic E-state index is 10.9. The number of ketones is 1. The van der Waals surface area contributed by atoms with Crippen molar-refractivity contribution in [2.75, 3.05) is 13.2 Å². The molecule has 15 heavy (non-hydrogen) atoms. The lowest BCUT2D eigenvalue weighted by molar-refractivity contribution is -0.122. The fourth-order valence-electron chi connectivity index (χ4n) is 1.09. The van der Waals surface area contributed by atoms with Crippen LogP contribution in [0.5, 0.6) is 0 Å². The normalized spacial score (nSPS) is 10.7. The molecule has 0 bridgehead atoms. The second kappa shape index (κ2) is 6.96. The average Bonchev–Trinajstić information content (AvgIpc) is 2.29. The quantitative estimate of drug-likeness (QED) is 0.666. The second-order valence-corrected chi connectivity index (χ2v) is 3.22. The Hall–Kier alpha value is -1.41. The van der Waals surface area contributed by atoms with Crippen LogP contribution in [0.25, 0.3) is 6.08 Å². The largest absolute Gasteiger partial charge is 0.370 e. The van der Waals surface area contributed by atoms with E-state index in [1.165, 1.54) is 0 Å². The van der Waals surface area contributed by atoms with Gasteiger partial charge in [0.2, 0.25) is 0 Å². The van der Waals surface area contributed by atoms with Gasteiger partial charge in [-0.3, -0.25) is 4.79 Å². The van der Waals surface area contributed by atoms with Gasteiger partial charge in [0.25, 0.3) is 0 Å². The fourth-order valence-corrected chi connectivity index (χ4v) is 1.09. The van der Waals surface area contributed by atoms with E-state index in [9.17, 15) is 4.79 Å². The van der Waals surface area contributed by atoms with Gasteiger partial charge < -0.3 is 4.74 Å². The lowest BCUT2D eigenvalue weighted by Gasteiger charge is -1.97. The summed E-state index contributed by atoms with van der Waals surface area (Å²) in [4.78, 5) is 10.9. The first-order chi connectivity index (χ1) is 7.33. The van der Waals surface area contributed by atoms with Crippen LogP contribution in [0.3, 0.4) is 0 Å². The van der Waals surface area contributed by atoms with Gasteiger partial charge >= 0.3 is 0 Å². The lowest BCUT2D eigenvalue weighted by atomic mass is 10.2. The zero-order valence-corrected chi connectivity index (χ0v) is 8.98. The van der Waals surface area contributed by atoms with Crippen molar-refractivity contribution >= 4 is 11.9 Å². The number of carbonyl (C=O) groups is 1. The molecule has 0 saturated heterocycles. The fraction of sp³-hybridized carbons (Fsp3) is 0.308. The van der Waals surface area contributed by atoms with Crippen LogP contribution in [-0.4, -0.2) is 19.0 Å². The molecule has 0 N–H and O–H groups in total. The molecule has 1 aromatic rings. The van der Waals surface area contributed by atoms with Crippen molar-refractivity contribution in [2.24, 2.45) is 0 Å². The van der Waals surface area contributed by atoms with E-state index >= 15 is 0 Å². The van der Waals surface area contributed by atoms with E-state index in [-0.39, 0.29) is 12.4 Å². The van der Waals surface area contributed by atoms with Crippen LogP contribution < -0.4 is 0 Å². The Morgan fingerprint density at radius 1 is 1.33 bits per heavy atom. The molecule has 0 radical (unpaired) electrons. The zero-order chi connectivity index (χ0) is 10.9. The molecule has 1 aromatic carbocycles. The minimum absolute atomic E-state index is 0.142. The standard InChI is InChI=1S/C13H16O2/c1-2-13(14)11-15-10-6-9-12-7-4-3-5-8-12/h3-9H,2,10-11H2,1H3/b9-6+. The smallest absolute Gasteiger partial charge is 0.158 e. The summed E-state index contributed by atoms with van der Waals surface area (Å²) in [5.74, 6) is 0.142. The molecular weight excluding hydrogens is 188 g/mol. The van der Waals surface area contributed by atoms with Crippen molar-refractivity contribution in [3.05, 3.63) is 42.0 Å². The van der Waals surface area contributed by atoms with Crippen molar-refractivity contribution in [2.45, 2.75) is 13.3 Å². The van der Waals surface area contributed by atoms with E-state index in [0.717, 1.165) is 5.56 Å². The van der Waals surface area contributed by atoms with Crippen LogP contribution in [-0.2, 0) is 9.53 Å². The molecule has 0 saturated carbocycles. The van der Waals surface area contributed by atoms with Gasteiger partial charge in [-0.05, 0) is 5.56 Å². The summed E-state index contributed by atoms with van der Waals surface area (Å²) in [6, 6.07) is 10.00. The molecule has 0 atom stereocenters. The minimum atomic E-state index is 0.142. The van der Waals surface area contributed by atoms with Crippen LogP contribution in [0.4, 0.5) is 0 Å². The lowest BCUT2D eigenvalue weighted by Crippen LogP contribution is -2.06. The highest BCUT2D eigenvalue weighted by Gasteiger charge is 1.95. The highest BCUT2D eigenvalue weighted by Crippen LogP contribution is 2.00.